The van der Waals surface area contributed by atoms with E-state index in [4.69, 9.17) is 0 Å². The second-order valence-electron chi connectivity index (χ2n) is 3.83. The molecule has 0 aromatic carbocycles. The van der Waals surface area contributed by atoms with Crippen LogP contribution in [-0.4, -0.2) is 37.8 Å². The normalized spacial score (nSPS) is 10.3. The molecule has 0 saturated carbocycles. The Kier molecular flexibility index (Phi) is 4.06. The van der Waals surface area contributed by atoms with Crippen LogP contribution in [-0.2, 0) is 13.5 Å². The Morgan fingerprint density at radius 3 is 2.67 bits per heavy atom. The van der Waals surface area contributed by atoms with Gasteiger partial charge in [-0.15, -0.1) is 0 Å². The molecule has 2 rings (SSSR count). The third-order valence-corrected chi connectivity index (χ3v) is 2.29. The van der Waals surface area contributed by atoms with Gasteiger partial charge in [0.1, 0.15) is 18.0 Å². The van der Waals surface area contributed by atoms with Crippen molar-refractivity contribution in [1.82, 2.24) is 24.7 Å². The summed E-state index contributed by atoms with van der Waals surface area (Å²) >= 11 is 0. The summed E-state index contributed by atoms with van der Waals surface area (Å²) in [6.45, 7) is 3.58. The molecule has 7 nitrogen and oxygen atoms in total. The van der Waals surface area contributed by atoms with Crippen molar-refractivity contribution in [1.29, 1.82) is 0 Å². The highest BCUT2D eigenvalue weighted by atomic mass is 15.3. The number of aryl methyl sites for hydroxylation is 1. The molecule has 7 heteroatoms. The second-order valence-corrected chi connectivity index (χ2v) is 3.83. The minimum atomic E-state index is 0.730. The smallest absolute Gasteiger partial charge is 0.152 e. The predicted molar refractivity (Wildman–Crippen MR) is 69.4 cm³/mol. The lowest BCUT2D eigenvalue weighted by atomic mass is 10.4. The van der Waals surface area contributed by atoms with Gasteiger partial charge in [-0.05, 0) is 6.92 Å². The molecule has 2 N–H and O–H groups in total. The molecule has 2 aromatic heterocycles. The van der Waals surface area contributed by atoms with Gasteiger partial charge < -0.3 is 10.6 Å². The fourth-order valence-electron chi connectivity index (χ4n) is 1.52. The summed E-state index contributed by atoms with van der Waals surface area (Å²) in [7, 11) is 1.86. The molecule has 0 atom stereocenters. The Bertz CT molecular complexity index is 494. The van der Waals surface area contributed by atoms with E-state index in [1.807, 2.05) is 14.0 Å². The van der Waals surface area contributed by atoms with Gasteiger partial charge in [0.15, 0.2) is 5.82 Å². The van der Waals surface area contributed by atoms with E-state index >= 15 is 0 Å². The standard InChI is InChI=1S/C11H17N7/c1-3-13-10-6-12-7-11(16-10)14-5-4-9-15-8-18(2)17-9/h6-8H,3-5H2,1-2H3,(H2,13,14,16). The number of nitrogens with zero attached hydrogens (tertiary/aromatic N) is 5. The number of nitrogens with one attached hydrogen (secondary N) is 2. The molecule has 2 heterocycles. The minimum Gasteiger partial charge on any atom is -0.369 e. The summed E-state index contributed by atoms with van der Waals surface area (Å²) in [6, 6.07) is 0. The molecule has 0 radical (unpaired) electrons. The lowest BCUT2D eigenvalue weighted by Crippen LogP contribution is -2.09. The Morgan fingerprint density at radius 2 is 2.00 bits per heavy atom. The topological polar surface area (TPSA) is 80.5 Å². The van der Waals surface area contributed by atoms with E-state index in [0.717, 1.165) is 37.0 Å². The molecule has 0 saturated heterocycles. The van der Waals surface area contributed by atoms with Crippen molar-refractivity contribution in [3.05, 3.63) is 24.5 Å². The lowest BCUT2D eigenvalue weighted by molar-refractivity contribution is 0.741. The van der Waals surface area contributed by atoms with Gasteiger partial charge in [0.2, 0.25) is 0 Å². The number of anilines is 2. The number of hydrogen-bond acceptors (Lipinski definition) is 6. The van der Waals surface area contributed by atoms with E-state index in [1.165, 1.54) is 0 Å². The van der Waals surface area contributed by atoms with Crippen LogP contribution in [0.3, 0.4) is 0 Å². The SMILES string of the molecule is CCNc1cncc(NCCc2ncn(C)n2)n1. The molecular formula is C11H17N7. The number of rotatable bonds is 6. The maximum Gasteiger partial charge on any atom is 0.152 e. The van der Waals surface area contributed by atoms with E-state index in [1.54, 1.807) is 23.4 Å². The summed E-state index contributed by atoms with van der Waals surface area (Å²) in [4.78, 5) is 12.6. The van der Waals surface area contributed by atoms with E-state index in [0.29, 0.717) is 0 Å². The summed E-state index contributed by atoms with van der Waals surface area (Å²) in [5.41, 5.74) is 0. The zero-order valence-corrected chi connectivity index (χ0v) is 10.6. The van der Waals surface area contributed by atoms with E-state index in [2.05, 4.69) is 30.7 Å². The van der Waals surface area contributed by atoms with Crippen molar-refractivity contribution >= 4 is 11.6 Å². The number of aromatic nitrogens is 5. The van der Waals surface area contributed by atoms with Gasteiger partial charge in [0.25, 0.3) is 0 Å². The van der Waals surface area contributed by atoms with Crippen LogP contribution in [0, 0.1) is 0 Å². The Hall–Kier alpha value is -2.18. The Labute approximate surface area is 106 Å². The highest BCUT2D eigenvalue weighted by Crippen LogP contribution is 2.06. The van der Waals surface area contributed by atoms with Crippen LogP contribution in [0.15, 0.2) is 18.7 Å². The van der Waals surface area contributed by atoms with Gasteiger partial charge >= 0.3 is 0 Å². The average molecular weight is 247 g/mol. The lowest BCUT2D eigenvalue weighted by Gasteiger charge is -2.06. The first-order valence-electron chi connectivity index (χ1n) is 5.92. The van der Waals surface area contributed by atoms with E-state index in [9.17, 15) is 0 Å². The maximum absolute atomic E-state index is 4.37. The summed E-state index contributed by atoms with van der Waals surface area (Å²) in [6.07, 6.45) is 5.86. The first-order chi connectivity index (χ1) is 8.78. The molecular weight excluding hydrogens is 230 g/mol. The Balaban J connectivity index is 1.84. The predicted octanol–water partition coefficient (Wildman–Crippen LogP) is 0.691. The van der Waals surface area contributed by atoms with Crippen LogP contribution in [0.5, 0.6) is 0 Å². The van der Waals surface area contributed by atoms with Crippen LogP contribution in [0.25, 0.3) is 0 Å². The Morgan fingerprint density at radius 1 is 1.22 bits per heavy atom. The van der Waals surface area contributed by atoms with Crippen molar-refractivity contribution in [2.45, 2.75) is 13.3 Å². The molecule has 0 amide bonds. The fourth-order valence-corrected chi connectivity index (χ4v) is 1.52. The second kappa shape index (κ2) is 5.95. The molecule has 0 bridgehead atoms. The third kappa shape index (κ3) is 3.41. The molecule has 96 valence electrons. The molecule has 2 aromatic rings. The number of hydrogen-bond donors (Lipinski definition) is 2. The van der Waals surface area contributed by atoms with Gasteiger partial charge in [-0.1, -0.05) is 0 Å². The van der Waals surface area contributed by atoms with Crippen LogP contribution in [0.1, 0.15) is 12.7 Å². The fraction of sp³-hybridized carbons (Fsp3) is 0.455. The molecule has 18 heavy (non-hydrogen) atoms. The average Bonchev–Trinajstić information content (AvgIpc) is 2.76. The molecule has 0 spiro atoms. The van der Waals surface area contributed by atoms with Gasteiger partial charge in [0.05, 0.1) is 12.4 Å². The highest BCUT2D eigenvalue weighted by Gasteiger charge is 2.00. The van der Waals surface area contributed by atoms with Gasteiger partial charge in [-0.2, -0.15) is 5.10 Å². The van der Waals surface area contributed by atoms with Crippen molar-refractivity contribution in [3.8, 4) is 0 Å². The summed E-state index contributed by atoms with van der Waals surface area (Å²) in [5.74, 6) is 2.35. The largest absolute Gasteiger partial charge is 0.369 e. The van der Waals surface area contributed by atoms with Crippen LogP contribution >= 0.6 is 0 Å². The van der Waals surface area contributed by atoms with E-state index < -0.39 is 0 Å². The maximum atomic E-state index is 4.37. The zero-order valence-electron chi connectivity index (χ0n) is 10.6. The van der Waals surface area contributed by atoms with Gasteiger partial charge in [-0.25, -0.2) is 9.97 Å². The first kappa shape index (κ1) is 12.3. The first-order valence-corrected chi connectivity index (χ1v) is 5.92. The van der Waals surface area contributed by atoms with Crippen molar-refractivity contribution in [2.75, 3.05) is 23.7 Å². The molecule has 0 aliphatic rings. The van der Waals surface area contributed by atoms with E-state index in [-0.39, 0.29) is 0 Å². The summed E-state index contributed by atoms with van der Waals surface area (Å²) in [5, 5.41) is 10.5. The minimum absolute atomic E-state index is 0.730. The third-order valence-electron chi connectivity index (χ3n) is 2.29. The van der Waals surface area contributed by atoms with Gasteiger partial charge in [0, 0.05) is 26.6 Å². The van der Waals surface area contributed by atoms with Crippen molar-refractivity contribution in [3.63, 3.8) is 0 Å². The van der Waals surface area contributed by atoms with Crippen molar-refractivity contribution in [2.24, 2.45) is 7.05 Å². The molecule has 0 unspecified atom stereocenters. The van der Waals surface area contributed by atoms with Crippen LogP contribution in [0.4, 0.5) is 11.6 Å². The monoisotopic (exact) mass is 247 g/mol. The quantitative estimate of drug-likeness (QED) is 0.781. The van der Waals surface area contributed by atoms with Gasteiger partial charge in [-0.3, -0.25) is 9.67 Å². The molecule has 0 aliphatic heterocycles. The highest BCUT2D eigenvalue weighted by molar-refractivity contribution is 5.41. The van der Waals surface area contributed by atoms with Crippen LogP contribution in [0.2, 0.25) is 0 Å². The molecule has 0 fully saturated rings. The van der Waals surface area contributed by atoms with Crippen LogP contribution < -0.4 is 10.6 Å². The van der Waals surface area contributed by atoms with Crippen molar-refractivity contribution < 1.29 is 0 Å². The summed E-state index contributed by atoms with van der Waals surface area (Å²) < 4.78 is 1.70. The molecule has 0 aliphatic carbocycles. The zero-order chi connectivity index (χ0) is 12.8.